The zero-order valence-electron chi connectivity index (χ0n) is 21.2. The number of aromatic amines is 1. The normalized spacial score (nSPS) is 15.5. The summed E-state index contributed by atoms with van der Waals surface area (Å²) in [6, 6.07) is 6.49. The lowest BCUT2D eigenvalue weighted by molar-refractivity contribution is 0.205. The van der Waals surface area contributed by atoms with Crippen molar-refractivity contribution in [2.45, 2.75) is 13.2 Å². The molecule has 1 aromatic carbocycles. The van der Waals surface area contributed by atoms with Gasteiger partial charge in [0.25, 0.3) is 0 Å². The van der Waals surface area contributed by atoms with Gasteiger partial charge in [-0.2, -0.15) is 10.4 Å². The number of anilines is 1. The summed E-state index contributed by atoms with van der Waals surface area (Å²) < 4.78 is 46.0. The highest BCUT2D eigenvalue weighted by Gasteiger charge is 2.40. The molecule has 1 fully saturated rings. The van der Waals surface area contributed by atoms with Crippen molar-refractivity contribution in [3.8, 4) is 23.1 Å². The number of H-pyrrole nitrogens is 1. The van der Waals surface area contributed by atoms with Gasteiger partial charge >= 0.3 is 0 Å². The van der Waals surface area contributed by atoms with Crippen molar-refractivity contribution >= 4 is 49.9 Å². The number of nitrogens with zero attached hydrogens (tertiary/aromatic N) is 5. The lowest BCUT2D eigenvalue weighted by Crippen LogP contribution is -2.59. The number of nitriles is 1. The van der Waals surface area contributed by atoms with Crippen LogP contribution in [0.1, 0.15) is 24.3 Å². The molecule has 0 amide bonds. The van der Waals surface area contributed by atoms with Gasteiger partial charge in [0.2, 0.25) is 10.0 Å². The van der Waals surface area contributed by atoms with E-state index in [0.717, 1.165) is 6.26 Å². The highest BCUT2D eigenvalue weighted by atomic mass is 35.5. The molecule has 0 bridgehead atoms. The number of nitrogens with one attached hydrogen (secondary N) is 2. The van der Waals surface area contributed by atoms with E-state index >= 15 is 0 Å². The Kier molecular flexibility index (Phi) is 7.32. The quantitative estimate of drug-likeness (QED) is 0.254. The van der Waals surface area contributed by atoms with Crippen molar-refractivity contribution in [2.75, 3.05) is 30.8 Å². The first-order valence-corrected chi connectivity index (χ1v) is 14.5. The number of aromatic nitrogens is 4. The number of nitrogens with two attached hydrogens (primary N) is 1. The molecule has 5 rings (SSSR count). The molecule has 1 saturated heterocycles. The van der Waals surface area contributed by atoms with Gasteiger partial charge in [-0.05, 0) is 12.1 Å². The fraction of sp³-hybridized carbons (Fsp3) is 0.280. The van der Waals surface area contributed by atoms with Gasteiger partial charge in [-0.3, -0.25) is 15.8 Å². The summed E-state index contributed by atoms with van der Waals surface area (Å²) in [7, 11) is -3.31. The van der Waals surface area contributed by atoms with E-state index in [2.05, 4.69) is 31.0 Å². The number of halogens is 3. The molecule has 1 aliphatic rings. The molecule has 4 aromatic rings. The van der Waals surface area contributed by atoms with Crippen LogP contribution < -0.4 is 20.1 Å². The predicted octanol–water partition coefficient (Wildman–Crippen LogP) is 3.75. The van der Waals surface area contributed by atoms with E-state index in [-0.39, 0.29) is 33.3 Å². The molecule has 0 aliphatic carbocycles. The van der Waals surface area contributed by atoms with Crippen molar-refractivity contribution in [3.63, 3.8) is 0 Å². The van der Waals surface area contributed by atoms with E-state index < -0.39 is 22.1 Å². The first-order chi connectivity index (χ1) is 18.9. The molecule has 11 nitrogen and oxygen atoms in total. The average Bonchev–Trinajstić information content (AvgIpc) is 3.27. The maximum Gasteiger partial charge on any atom is 0.208 e. The van der Waals surface area contributed by atoms with Crippen LogP contribution in [0, 0.1) is 22.6 Å². The van der Waals surface area contributed by atoms with E-state index in [1.807, 2.05) is 11.8 Å². The van der Waals surface area contributed by atoms with E-state index in [0.29, 0.717) is 46.6 Å². The fourth-order valence-electron chi connectivity index (χ4n) is 4.58. The Hall–Kier alpha value is -3.54. The van der Waals surface area contributed by atoms with Gasteiger partial charge in [0.05, 0.1) is 27.4 Å². The second kappa shape index (κ2) is 10.5. The molecule has 0 unspecified atom stereocenters. The molecule has 1 aliphatic heterocycles. The number of rotatable bonds is 8. The second-order valence-corrected chi connectivity index (χ2v) is 12.6. The number of pyridine rings is 2. The minimum absolute atomic E-state index is 0.153. The van der Waals surface area contributed by atoms with Gasteiger partial charge in [0.15, 0.2) is 17.8 Å². The second-order valence-electron chi connectivity index (χ2n) is 9.92. The number of ether oxygens (including phenoxy) is 1. The third-order valence-electron chi connectivity index (χ3n) is 6.51. The maximum absolute atomic E-state index is 14.9. The first-order valence-electron chi connectivity index (χ1n) is 11.9. The van der Waals surface area contributed by atoms with E-state index in [1.165, 1.54) is 24.5 Å². The molecule has 3 aromatic heterocycles. The van der Waals surface area contributed by atoms with Gasteiger partial charge < -0.3 is 9.64 Å². The Morgan fingerprint density at radius 2 is 1.98 bits per heavy atom. The highest BCUT2D eigenvalue weighted by molar-refractivity contribution is 7.88. The maximum atomic E-state index is 14.9. The molecule has 1 atom stereocenters. The predicted molar refractivity (Wildman–Crippen MR) is 149 cm³/mol. The van der Waals surface area contributed by atoms with Crippen LogP contribution in [0.15, 0.2) is 36.8 Å². The lowest BCUT2D eigenvalue weighted by Gasteiger charge is -2.49. The molecule has 0 saturated carbocycles. The molecule has 4 heterocycles. The van der Waals surface area contributed by atoms with Crippen LogP contribution >= 0.6 is 23.2 Å². The Balaban J connectivity index is 1.41. The van der Waals surface area contributed by atoms with Crippen molar-refractivity contribution < 1.29 is 17.5 Å². The largest absolute Gasteiger partial charge is 0.468 e. The van der Waals surface area contributed by atoms with Crippen LogP contribution in [0.4, 0.5) is 10.2 Å². The topological polar surface area (TPSA) is 163 Å². The van der Waals surface area contributed by atoms with Gasteiger partial charge in [0.1, 0.15) is 17.6 Å². The summed E-state index contributed by atoms with van der Waals surface area (Å²) in [4.78, 5) is 10.3. The smallest absolute Gasteiger partial charge is 0.208 e. The van der Waals surface area contributed by atoms with E-state index in [4.69, 9.17) is 33.7 Å². The molecular weight excluding hydrogens is 582 g/mol. The van der Waals surface area contributed by atoms with Gasteiger partial charge in [-0.25, -0.2) is 22.5 Å². The van der Waals surface area contributed by atoms with Crippen LogP contribution in [-0.2, 0) is 10.0 Å². The fourth-order valence-corrected chi connectivity index (χ4v) is 5.77. The Bertz CT molecular complexity index is 1750. The van der Waals surface area contributed by atoms with Crippen LogP contribution in [0.2, 0.25) is 10.0 Å². The van der Waals surface area contributed by atoms with Gasteiger partial charge in [-0.1, -0.05) is 30.1 Å². The third kappa shape index (κ3) is 5.54. The molecule has 40 heavy (non-hydrogen) atoms. The Morgan fingerprint density at radius 3 is 2.62 bits per heavy atom. The van der Waals surface area contributed by atoms with Crippen LogP contribution in [-0.4, -0.2) is 54.5 Å². The summed E-state index contributed by atoms with van der Waals surface area (Å²) >= 11 is 12.3. The molecular formula is C25H23Cl2FN8O3S. The summed E-state index contributed by atoms with van der Waals surface area (Å²) in [5, 5.41) is 17.8. The number of sulfonamides is 1. The van der Waals surface area contributed by atoms with Crippen molar-refractivity contribution in [3.05, 3.63) is 63.8 Å². The van der Waals surface area contributed by atoms with Crippen molar-refractivity contribution in [1.82, 2.24) is 24.9 Å². The highest BCUT2D eigenvalue weighted by Crippen LogP contribution is 2.38. The standard InChI is InChI=1S/C25H23Cl2FN8O3S/c1-25(10-33-40(2,37)38)11-36(12-25)24-13(6-29)3-14(7-32-24)22-15-4-20(18(28)5-19(15)34-35-22)39-23(30)21-16(26)8-31-9-17(21)27/h3-5,7-9,23,33H,10-12,30H2,1-2H3,(H,34,35)/t23-/m0/s1. The molecule has 15 heteroatoms. The van der Waals surface area contributed by atoms with E-state index in [1.54, 1.807) is 12.3 Å². The number of hydrogen-bond acceptors (Lipinski definition) is 9. The van der Waals surface area contributed by atoms with Crippen molar-refractivity contribution in [2.24, 2.45) is 11.1 Å². The Labute approximate surface area is 239 Å². The minimum Gasteiger partial charge on any atom is -0.468 e. The first kappa shape index (κ1) is 28.0. The Morgan fingerprint density at radius 1 is 1.27 bits per heavy atom. The number of benzene rings is 1. The summed E-state index contributed by atoms with van der Waals surface area (Å²) in [5.74, 6) is -0.355. The SMILES string of the molecule is CC1(CNS(C)(=O)=O)CN(c2ncc(-c3n[nH]c4cc(F)c(O[C@H](N)c5c(Cl)cncc5Cl)cc34)cc2C#N)C1. The third-order valence-corrected chi connectivity index (χ3v) is 7.78. The summed E-state index contributed by atoms with van der Waals surface area (Å²) in [6.45, 7) is 3.28. The zero-order valence-corrected chi connectivity index (χ0v) is 23.6. The number of hydrogen-bond donors (Lipinski definition) is 3. The monoisotopic (exact) mass is 604 g/mol. The average molecular weight is 605 g/mol. The summed E-state index contributed by atoms with van der Waals surface area (Å²) in [6.07, 6.45) is 4.23. The van der Waals surface area contributed by atoms with Gasteiger partial charge in [-0.15, -0.1) is 0 Å². The molecule has 208 valence electrons. The summed E-state index contributed by atoms with van der Waals surface area (Å²) in [5.41, 5.74) is 7.76. The molecule has 0 radical (unpaired) electrons. The minimum atomic E-state index is -3.31. The van der Waals surface area contributed by atoms with Crippen LogP contribution in [0.25, 0.3) is 22.2 Å². The van der Waals surface area contributed by atoms with Crippen LogP contribution in [0.3, 0.4) is 0 Å². The zero-order chi connectivity index (χ0) is 28.8. The lowest BCUT2D eigenvalue weighted by atomic mass is 9.82. The van der Waals surface area contributed by atoms with E-state index in [9.17, 15) is 18.1 Å². The molecule has 0 spiro atoms. The number of fused-ring (bicyclic) bond motifs is 1. The van der Waals surface area contributed by atoms with Crippen LogP contribution in [0.5, 0.6) is 5.75 Å². The molecule has 4 N–H and O–H groups in total. The van der Waals surface area contributed by atoms with Crippen molar-refractivity contribution in [1.29, 1.82) is 5.26 Å². The van der Waals surface area contributed by atoms with Gasteiger partial charge in [0, 0.05) is 66.2 Å².